The number of benzene rings is 1. The molecule has 2 aromatic rings. The van der Waals surface area contributed by atoms with Gasteiger partial charge in [0.25, 0.3) is 11.7 Å². The molecule has 180 valence electrons. The molecule has 7 nitrogen and oxygen atoms in total. The molecule has 2 fully saturated rings. The number of Topliss-reactive ketones (excluding diaryl/α,β-unsaturated/α-hetero) is 1. The van der Waals surface area contributed by atoms with Crippen LogP contribution in [0, 0.1) is 0 Å². The first-order valence-corrected chi connectivity index (χ1v) is 11.8. The van der Waals surface area contributed by atoms with E-state index in [0.717, 1.165) is 24.2 Å². The topological polar surface area (TPSA) is 89.0 Å². The van der Waals surface area contributed by atoms with Gasteiger partial charge in [-0.05, 0) is 55.5 Å². The number of aliphatic hydroxyl groups excluding tert-OH is 1. The van der Waals surface area contributed by atoms with Crippen LogP contribution in [0.5, 0.6) is 5.75 Å². The molecule has 7 heteroatoms. The van der Waals surface area contributed by atoms with Gasteiger partial charge in [0.15, 0.2) is 0 Å². The van der Waals surface area contributed by atoms with Crippen LogP contribution in [0.1, 0.15) is 63.4 Å². The molecule has 2 aliphatic heterocycles. The SMILES string of the molecule is CCOc1ccc(/C(O)=C2/C(=O)C(=O)N(CC3CCCO3)C2c2ccccn2)cc1C(C)(C)C. The summed E-state index contributed by atoms with van der Waals surface area (Å²) in [5, 5.41) is 11.4. The molecule has 0 bridgehead atoms. The Balaban J connectivity index is 1.83. The summed E-state index contributed by atoms with van der Waals surface area (Å²) in [5.41, 5.74) is 1.69. The molecule has 34 heavy (non-hydrogen) atoms. The Hall–Kier alpha value is -3.19. The van der Waals surface area contributed by atoms with Gasteiger partial charge in [-0.3, -0.25) is 14.6 Å². The number of nitrogens with zero attached hydrogens (tertiary/aromatic N) is 2. The fourth-order valence-corrected chi connectivity index (χ4v) is 4.62. The minimum atomic E-state index is -0.782. The number of carbonyl (C=O) groups is 2. The van der Waals surface area contributed by atoms with E-state index in [1.54, 1.807) is 30.5 Å². The van der Waals surface area contributed by atoms with E-state index in [0.29, 0.717) is 24.5 Å². The average Bonchev–Trinajstić information content (AvgIpc) is 3.41. The van der Waals surface area contributed by atoms with Gasteiger partial charge >= 0.3 is 0 Å². The molecule has 0 radical (unpaired) electrons. The number of likely N-dealkylation sites (tertiary alicyclic amines) is 1. The van der Waals surface area contributed by atoms with Crippen molar-refractivity contribution in [1.29, 1.82) is 0 Å². The summed E-state index contributed by atoms with van der Waals surface area (Å²) in [6.07, 6.45) is 3.23. The predicted octanol–water partition coefficient (Wildman–Crippen LogP) is 4.38. The van der Waals surface area contributed by atoms with Gasteiger partial charge in [0, 0.05) is 30.5 Å². The Morgan fingerprint density at radius 3 is 2.65 bits per heavy atom. The molecule has 3 heterocycles. The van der Waals surface area contributed by atoms with Crippen molar-refractivity contribution in [2.75, 3.05) is 19.8 Å². The Morgan fingerprint density at radius 2 is 2.03 bits per heavy atom. The third kappa shape index (κ3) is 4.57. The first-order valence-electron chi connectivity index (χ1n) is 11.8. The summed E-state index contributed by atoms with van der Waals surface area (Å²) in [6.45, 7) is 9.53. The second-order valence-electron chi connectivity index (χ2n) is 9.74. The summed E-state index contributed by atoms with van der Waals surface area (Å²) < 4.78 is 11.5. The normalized spacial score (nSPS) is 22.4. The molecule has 0 saturated carbocycles. The summed E-state index contributed by atoms with van der Waals surface area (Å²) in [6, 6.07) is 9.93. The summed E-state index contributed by atoms with van der Waals surface area (Å²) in [5.74, 6) is -0.837. The van der Waals surface area contributed by atoms with Crippen molar-refractivity contribution in [2.24, 2.45) is 0 Å². The molecule has 4 rings (SSSR count). The lowest BCUT2D eigenvalue weighted by molar-refractivity contribution is -0.140. The van der Waals surface area contributed by atoms with Crippen molar-refractivity contribution >= 4 is 17.4 Å². The molecule has 2 aliphatic rings. The highest BCUT2D eigenvalue weighted by Crippen LogP contribution is 2.41. The van der Waals surface area contributed by atoms with Crippen LogP contribution in [0.2, 0.25) is 0 Å². The number of carbonyl (C=O) groups excluding carboxylic acids is 2. The maximum absolute atomic E-state index is 13.2. The van der Waals surface area contributed by atoms with Crippen LogP contribution in [-0.2, 0) is 19.7 Å². The van der Waals surface area contributed by atoms with Crippen molar-refractivity contribution < 1.29 is 24.2 Å². The van der Waals surface area contributed by atoms with E-state index in [1.165, 1.54) is 4.90 Å². The van der Waals surface area contributed by atoms with Crippen LogP contribution in [0.3, 0.4) is 0 Å². The molecule has 1 aromatic carbocycles. The summed E-state index contributed by atoms with van der Waals surface area (Å²) >= 11 is 0. The first kappa shape index (κ1) is 24.0. The number of hydrogen-bond acceptors (Lipinski definition) is 6. The fourth-order valence-electron chi connectivity index (χ4n) is 4.62. The van der Waals surface area contributed by atoms with Gasteiger partial charge in [0.1, 0.15) is 17.6 Å². The summed E-state index contributed by atoms with van der Waals surface area (Å²) in [7, 11) is 0. The molecular weight excluding hydrogens is 432 g/mol. The smallest absolute Gasteiger partial charge is 0.295 e. The van der Waals surface area contributed by atoms with Crippen molar-refractivity contribution in [1.82, 2.24) is 9.88 Å². The number of hydrogen-bond donors (Lipinski definition) is 1. The Morgan fingerprint density at radius 1 is 1.24 bits per heavy atom. The van der Waals surface area contributed by atoms with E-state index in [-0.39, 0.29) is 29.4 Å². The van der Waals surface area contributed by atoms with Gasteiger partial charge in [-0.25, -0.2) is 0 Å². The maximum Gasteiger partial charge on any atom is 0.295 e. The van der Waals surface area contributed by atoms with Crippen molar-refractivity contribution in [2.45, 2.75) is 58.1 Å². The standard InChI is InChI=1S/C27H32N2O5/c1-5-33-21-12-11-17(15-19(21)27(2,3)4)24(30)22-23(20-10-6-7-13-28-20)29(26(32)25(22)31)16-18-9-8-14-34-18/h6-7,10-13,15,18,23,30H,5,8-9,14,16H2,1-4H3/b24-22-. The number of amides is 1. The number of aromatic nitrogens is 1. The number of pyridine rings is 1. The molecule has 1 aromatic heterocycles. The van der Waals surface area contributed by atoms with E-state index < -0.39 is 17.7 Å². The van der Waals surface area contributed by atoms with Gasteiger partial charge in [-0.1, -0.05) is 26.8 Å². The number of ketones is 1. The lowest BCUT2D eigenvalue weighted by Crippen LogP contribution is -2.36. The van der Waals surface area contributed by atoms with Crippen molar-refractivity contribution in [3.05, 3.63) is 65.0 Å². The van der Waals surface area contributed by atoms with Gasteiger partial charge in [0.2, 0.25) is 0 Å². The Bertz CT molecular complexity index is 1100. The van der Waals surface area contributed by atoms with E-state index >= 15 is 0 Å². The van der Waals surface area contributed by atoms with Crippen molar-refractivity contribution in [3.8, 4) is 5.75 Å². The van der Waals surface area contributed by atoms with E-state index in [9.17, 15) is 14.7 Å². The molecule has 0 aliphatic carbocycles. The van der Waals surface area contributed by atoms with E-state index in [4.69, 9.17) is 9.47 Å². The Labute approximate surface area is 200 Å². The van der Waals surface area contributed by atoms with Crippen LogP contribution < -0.4 is 4.74 Å². The second-order valence-corrected chi connectivity index (χ2v) is 9.74. The predicted molar refractivity (Wildman–Crippen MR) is 129 cm³/mol. The quantitative estimate of drug-likeness (QED) is 0.388. The molecule has 2 atom stereocenters. The van der Waals surface area contributed by atoms with Crippen LogP contribution in [0.15, 0.2) is 48.2 Å². The fraction of sp³-hybridized carbons (Fsp3) is 0.444. The zero-order valence-electron chi connectivity index (χ0n) is 20.2. The molecule has 2 unspecified atom stereocenters. The average molecular weight is 465 g/mol. The minimum absolute atomic E-state index is 0.0470. The molecule has 2 saturated heterocycles. The van der Waals surface area contributed by atoms with Crippen molar-refractivity contribution in [3.63, 3.8) is 0 Å². The zero-order valence-corrected chi connectivity index (χ0v) is 20.2. The molecule has 1 N–H and O–H groups in total. The molecule has 0 spiro atoms. The monoisotopic (exact) mass is 464 g/mol. The lowest BCUT2D eigenvalue weighted by Gasteiger charge is -2.27. The third-order valence-electron chi connectivity index (χ3n) is 6.29. The van der Waals surface area contributed by atoms with Crippen LogP contribution in [-0.4, -0.2) is 52.5 Å². The molecular formula is C27H32N2O5. The highest BCUT2D eigenvalue weighted by atomic mass is 16.5. The van der Waals surface area contributed by atoms with Crippen LogP contribution in [0.4, 0.5) is 0 Å². The lowest BCUT2D eigenvalue weighted by atomic mass is 9.84. The van der Waals surface area contributed by atoms with Crippen LogP contribution >= 0.6 is 0 Å². The maximum atomic E-state index is 13.2. The highest BCUT2D eigenvalue weighted by Gasteiger charge is 2.47. The highest BCUT2D eigenvalue weighted by molar-refractivity contribution is 6.46. The third-order valence-corrected chi connectivity index (χ3v) is 6.29. The largest absolute Gasteiger partial charge is 0.507 e. The van der Waals surface area contributed by atoms with Crippen LogP contribution in [0.25, 0.3) is 5.76 Å². The summed E-state index contributed by atoms with van der Waals surface area (Å²) in [4.78, 5) is 32.3. The zero-order chi connectivity index (χ0) is 24.5. The second kappa shape index (κ2) is 9.58. The first-order chi connectivity index (χ1) is 16.2. The Kier molecular flexibility index (Phi) is 6.75. The van der Waals surface area contributed by atoms with Gasteiger partial charge in [0.05, 0.1) is 24.0 Å². The van der Waals surface area contributed by atoms with Gasteiger partial charge < -0.3 is 19.5 Å². The number of aliphatic hydroxyl groups is 1. The number of rotatable bonds is 6. The molecule has 1 amide bonds. The minimum Gasteiger partial charge on any atom is -0.507 e. The number of ether oxygens (including phenoxy) is 2. The van der Waals surface area contributed by atoms with E-state index in [2.05, 4.69) is 25.8 Å². The van der Waals surface area contributed by atoms with Gasteiger partial charge in [-0.15, -0.1) is 0 Å². The van der Waals surface area contributed by atoms with E-state index in [1.807, 2.05) is 19.1 Å². The van der Waals surface area contributed by atoms with Gasteiger partial charge in [-0.2, -0.15) is 0 Å².